The molecule has 1 unspecified atom stereocenters. The molecular formula is C10H13N3S. The summed E-state index contributed by atoms with van der Waals surface area (Å²) in [5.41, 5.74) is 6.79. The van der Waals surface area contributed by atoms with Gasteiger partial charge in [-0.3, -0.25) is 0 Å². The van der Waals surface area contributed by atoms with E-state index in [9.17, 15) is 0 Å². The molecule has 0 radical (unpaired) electrons. The van der Waals surface area contributed by atoms with Crippen molar-refractivity contribution in [3.63, 3.8) is 0 Å². The molecule has 3 nitrogen and oxygen atoms in total. The predicted molar refractivity (Wildman–Crippen MR) is 59.3 cm³/mol. The lowest BCUT2D eigenvalue weighted by molar-refractivity contribution is 0.563. The zero-order chi connectivity index (χ0) is 9.97. The fourth-order valence-electron chi connectivity index (χ4n) is 1.38. The summed E-state index contributed by atoms with van der Waals surface area (Å²) in [5.74, 6) is 0. The van der Waals surface area contributed by atoms with Crippen LogP contribution in [0.25, 0.3) is 10.6 Å². The number of rotatable bonds is 3. The summed E-state index contributed by atoms with van der Waals surface area (Å²) >= 11 is 1.72. The molecule has 0 fully saturated rings. The van der Waals surface area contributed by atoms with Gasteiger partial charge in [0, 0.05) is 12.6 Å². The molecule has 0 aliphatic heterocycles. The Hall–Kier alpha value is -1.13. The second-order valence-electron chi connectivity index (χ2n) is 3.25. The van der Waals surface area contributed by atoms with Crippen molar-refractivity contribution in [2.75, 3.05) is 6.54 Å². The van der Waals surface area contributed by atoms with Gasteiger partial charge in [-0.05, 0) is 18.4 Å². The molecule has 2 heterocycles. The van der Waals surface area contributed by atoms with Gasteiger partial charge in [-0.1, -0.05) is 6.07 Å². The number of thiophene rings is 1. The molecule has 0 saturated carbocycles. The van der Waals surface area contributed by atoms with Gasteiger partial charge in [0.25, 0.3) is 0 Å². The molecule has 0 aliphatic rings. The van der Waals surface area contributed by atoms with Gasteiger partial charge < -0.3 is 10.3 Å². The Morgan fingerprint density at radius 1 is 1.64 bits per heavy atom. The predicted octanol–water partition coefficient (Wildman–Crippen LogP) is 2.13. The van der Waals surface area contributed by atoms with Crippen LogP contribution in [0.2, 0.25) is 0 Å². The van der Waals surface area contributed by atoms with E-state index in [4.69, 9.17) is 5.73 Å². The van der Waals surface area contributed by atoms with E-state index in [1.165, 1.54) is 4.88 Å². The highest BCUT2D eigenvalue weighted by atomic mass is 32.1. The van der Waals surface area contributed by atoms with E-state index in [1.54, 1.807) is 11.3 Å². The highest BCUT2D eigenvalue weighted by molar-refractivity contribution is 7.13. The molecule has 2 rings (SSSR count). The lowest BCUT2D eigenvalue weighted by atomic mass is 10.3. The Balaban J connectivity index is 2.40. The first-order valence-electron chi connectivity index (χ1n) is 4.58. The summed E-state index contributed by atoms with van der Waals surface area (Å²) in [7, 11) is 0. The van der Waals surface area contributed by atoms with Crippen LogP contribution in [0, 0.1) is 0 Å². The number of hydrogen-bond acceptors (Lipinski definition) is 3. The first-order chi connectivity index (χ1) is 6.83. The van der Waals surface area contributed by atoms with Gasteiger partial charge in [0.05, 0.1) is 23.1 Å². The lowest BCUT2D eigenvalue weighted by Crippen LogP contribution is -2.15. The van der Waals surface area contributed by atoms with E-state index in [2.05, 4.69) is 27.9 Å². The molecule has 2 aromatic rings. The minimum absolute atomic E-state index is 0.301. The van der Waals surface area contributed by atoms with Gasteiger partial charge in [-0.2, -0.15) is 0 Å². The van der Waals surface area contributed by atoms with Crippen LogP contribution in [0.3, 0.4) is 0 Å². The molecule has 0 amide bonds. The van der Waals surface area contributed by atoms with Crippen molar-refractivity contribution in [1.82, 2.24) is 9.55 Å². The smallest absolute Gasteiger partial charge is 0.0954 e. The summed E-state index contributed by atoms with van der Waals surface area (Å²) in [6, 6.07) is 4.45. The van der Waals surface area contributed by atoms with Crippen LogP contribution in [0.1, 0.15) is 13.0 Å². The zero-order valence-corrected chi connectivity index (χ0v) is 8.87. The van der Waals surface area contributed by atoms with Gasteiger partial charge in [-0.15, -0.1) is 11.3 Å². The first kappa shape index (κ1) is 9.43. The van der Waals surface area contributed by atoms with Crippen LogP contribution in [-0.4, -0.2) is 16.1 Å². The van der Waals surface area contributed by atoms with Gasteiger partial charge in [-0.25, -0.2) is 4.98 Å². The summed E-state index contributed by atoms with van der Waals surface area (Å²) in [6.45, 7) is 2.73. The van der Waals surface area contributed by atoms with Crippen molar-refractivity contribution >= 4 is 11.3 Å². The van der Waals surface area contributed by atoms with Crippen molar-refractivity contribution in [1.29, 1.82) is 0 Å². The Kier molecular flexibility index (Phi) is 2.65. The molecule has 74 valence electrons. The lowest BCUT2D eigenvalue weighted by Gasteiger charge is -2.13. The van der Waals surface area contributed by atoms with E-state index < -0.39 is 0 Å². The molecular weight excluding hydrogens is 194 g/mol. The zero-order valence-electron chi connectivity index (χ0n) is 8.05. The van der Waals surface area contributed by atoms with Crippen molar-refractivity contribution < 1.29 is 0 Å². The van der Waals surface area contributed by atoms with E-state index in [0.717, 1.165) is 5.69 Å². The van der Waals surface area contributed by atoms with Gasteiger partial charge in [0.15, 0.2) is 0 Å². The molecule has 0 bridgehead atoms. The molecule has 4 heteroatoms. The standard InChI is InChI=1S/C10H13N3S/c1-8(5-11)13-7-12-6-9(13)10-3-2-4-14-10/h2-4,6-8H,5,11H2,1H3. The maximum absolute atomic E-state index is 5.64. The average Bonchev–Trinajstić information content (AvgIpc) is 2.85. The SMILES string of the molecule is CC(CN)n1cncc1-c1cccs1. The quantitative estimate of drug-likeness (QED) is 0.838. The monoisotopic (exact) mass is 207 g/mol. The van der Waals surface area contributed by atoms with Crippen molar-refractivity contribution in [3.8, 4) is 10.6 Å². The molecule has 0 spiro atoms. The molecule has 0 saturated heterocycles. The first-order valence-corrected chi connectivity index (χ1v) is 5.46. The number of hydrogen-bond donors (Lipinski definition) is 1. The summed E-state index contributed by atoms with van der Waals surface area (Å²) in [5, 5.41) is 2.07. The van der Waals surface area contributed by atoms with E-state index in [1.807, 2.05) is 18.6 Å². The van der Waals surface area contributed by atoms with Crippen LogP contribution in [0.5, 0.6) is 0 Å². The second kappa shape index (κ2) is 3.94. The highest BCUT2D eigenvalue weighted by Gasteiger charge is 2.09. The van der Waals surface area contributed by atoms with Crippen LogP contribution in [0.15, 0.2) is 30.0 Å². The van der Waals surface area contributed by atoms with Gasteiger partial charge in [0.1, 0.15) is 0 Å². The summed E-state index contributed by atoms with van der Waals surface area (Å²) < 4.78 is 2.12. The third kappa shape index (κ3) is 1.58. The second-order valence-corrected chi connectivity index (χ2v) is 4.20. The Morgan fingerprint density at radius 2 is 2.50 bits per heavy atom. The molecule has 2 N–H and O–H groups in total. The molecule has 0 aliphatic carbocycles. The normalized spacial score (nSPS) is 13.0. The minimum atomic E-state index is 0.301. The number of nitrogens with two attached hydrogens (primary N) is 1. The van der Waals surface area contributed by atoms with E-state index in [-0.39, 0.29) is 0 Å². The maximum Gasteiger partial charge on any atom is 0.0954 e. The topological polar surface area (TPSA) is 43.8 Å². The number of imidazole rings is 1. The largest absolute Gasteiger partial charge is 0.328 e. The van der Waals surface area contributed by atoms with E-state index >= 15 is 0 Å². The Bertz CT molecular complexity index is 391. The number of aromatic nitrogens is 2. The number of nitrogens with zero attached hydrogens (tertiary/aromatic N) is 2. The minimum Gasteiger partial charge on any atom is -0.328 e. The van der Waals surface area contributed by atoms with Gasteiger partial charge in [0.2, 0.25) is 0 Å². The van der Waals surface area contributed by atoms with Crippen LogP contribution in [0.4, 0.5) is 0 Å². The summed E-state index contributed by atoms with van der Waals surface area (Å²) in [6.07, 6.45) is 3.73. The third-order valence-corrected chi connectivity index (χ3v) is 3.15. The van der Waals surface area contributed by atoms with Crippen molar-refractivity contribution in [2.24, 2.45) is 5.73 Å². The van der Waals surface area contributed by atoms with Crippen molar-refractivity contribution in [2.45, 2.75) is 13.0 Å². The van der Waals surface area contributed by atoms with Gasteiger partial charge >= 0.3 is 0 Å². The van der Waals surface area contributed by atoms with E-state index in [0.29, 0.717) is 12.6 Å². The van der Waals surface area contributed by atoms with Crippen molar-refractivity contribution in [3.05, 3.63) is 30.0 Å². The van der Waals surface area contributed by atoms with Crippen LogP contribution in [-0.2, 0) is 0 Å². The average molecular weight is 207 g/mol. The van der Waals surface area contributed by atoms with Crippen LogP contribution < -0.4 is 5.73 Å². The fourth-order valence-corrected chi connectivity index (χ4v) is 2.12. The maximum atomic E-state index is 5.64. The third-order valence-electron chi connectivity index (χ3n) is 2.26. The Morgan fingerprint density at radius 3 is 3.14 bits per heavy atom. The molecule has 2 aromatic heterocycles. The van der Waals surface area contributed by atoms with Crippen LogP contribution >= 0.6 is 11.3 Å². The highest BCUT2D eigenvalue weighted by Crippen LogP contribution is 2.26. The Labute approximate surface area is 87.2 Å². The molecule has 0 aromatic carbocycles. The molecule has 1 atom stereocenters. The summed E-state index contributed by atoms with van der Waals surface area (Å²) in [4.78, 5) is 5.40. The fraction of sp³-hybridized carbons (Fsp3) is 0.300. The molecule has 14 heavy (non-hydrogen) atoms.